The zero-order valence-electron chi connectivity index (χ0n) is 16.1. The van der Waals surface area contributed by atoms with E-state index in [1.165, 1.54) is 0 Å². The molecule has 144 valence electrons. The molecule has 2 N–H and O–H groups in total. The summed E-state index contributed by atoms with van der Waals surface area (Å²) in [5.74, 6) is 1.92. The maximum absolute atomic E-state index is 11.6. The fourth-order valence-electron chi connectivity index (χ4n) is 3.56. The average molecular weight is 370 g/mol. The number of methoxy groups -OCH3 is 2. The number of carbonyl (C=O) groups excluding carboxylic acids is 1. The first-order valence-corrected chi connectivity index (χ1v) is 8.97. The molecule has 1 aromatic carbocycles. The molecule has 0 spiro atoms. The van der Waals surface area contributed by atoms with E-state index in [1.54, 1.807) is 32.5 Å². The Morgan fingerprint density at radius 3 is 2.52 bits per heavy atom. The van der Waals surface area contributed by atoms with Gasteiger partial charge < -0.3 is 20.1 Å². The lowest BCUT2D eigenvalue weighted by atomic mass is 10.1. The third-order valence-corrected chi connectivity index (χ3v) is 4.98. The number of primary amides is 1. The molecule has 2 heterocycles. The number of anilines is 1. The van der Waals surface area contributed by atoms with Crippen molar-refractivity contribution < 1.29 is 14.3 Å². The van der Waals surface area contributed by atoms with Crippen molar-refractivity contribution in [2.24, 2.45) is 5.73 Å². The van der Waals surface area contributed by atoms with Crippen LogP contribution in [0.5, 0.6) is 11.5 Å². The molecule has 27 heavy (non-hydrogen) atoms. The van der Waals surface area contributed by atoms with Gasteiger partial charge in [-0.2, -0.15) is 0 Å². The van der Waals surface area contributed by atoms with Crippen molar-refractivity contribution in [2.75, 3.05) is 45.3 Å². The number of nitrogens with two attached hydrogens (primary N) is 1. The fraction of sp³-hybridized carbons (Fsp3) is 0.400. The number of pyridine rings is 1. The molecular formula is C20H26N4O3. The number of rotatable bonds is 6. The second kappa shape index (κ2) is 8.26. The minimum Gasteiger partial charge on any atom is -0.496 e. The standard InChI is InChI=1S/C20H26N4O3/c1-14-17(26-2)7-6-15(18(14)27-3)13-23-9-11-24(12-10-23)20-16(19(21)25)5-4-8-22-20/h4-8H,9-13H2,1-3H3,(H2,21,25). The molecule has 0 bridgehead atoms. The molecule has 0 radical (unpaired) electrons. The number of ether oxygens (including phenoxy) is 2. The van der Waals surface area contributed by atoms with Crippen LogP contribution in [0.25, 0.3) is 0 Å². The number of hydrogen-bond donors (Lipinski definition) is 1. The van der Waals surface area contributed by atoms with E-state index in [1.807, 2.05) is 13.0 Å². The normalized spacial score (nSPS) is 14.9. The van der Waals surface area contributed by atoms with Crippen LogP contribution in [0.3, 0.4) is 0 Å². The maximum atomic E-state index is 11.6. The van der Waals surface area contributed by atoms with Gasteiger partial charge in [0, 0.05) is 50.0 Å². The Bertz CT molecular complexity index is 817. The van der Waals surface area contributed by atoms with Crippen LogP contribution in [0, 0.1) is 6.92 Å². The molecule has 1 saturated heterocycles. The maximum Gasteiger partial charge on any atom is 0.252 e. The number of hydrogen-bond acceptors (Lipinski definition) is 6. The molecule has 1 aliphatic heterocycles. The molecule has 7 heteroatoms. The zero-order valence-corrected chi connectivity index (χ0v) is 16.1. The van der Waals surface area contributed by atoms with E-state index in [-0.39, 0.29) is 0 Å². The lowest BCUT2D eigenvalue weighted by Crippen LogP contribution is -2.46. The molecule has 1 fully saturated rings. The SMILES string of the molecule is COc1ccc(CN2CCN(c3ncccc3C(N)=O)CC2)c(OC)c1C. The van der Waals surface area contributed by atoms with Crippen molar-refractivity contribution in [1.29, 1.82) is 0 Å². The van der Waals surface area contributed by atoms with Crippen molar-refractivity contribution >= 4 is 11.7 Å². The monoisotopic (exact) mass is 370 g/mol. The van der Waals surface area contributed by atoms with E-state index in [0.29, 0.717) is 11.4 Å². The molecule has 0 saturated carbocycles. The Hall–Kier alpha value is -2.80. The molecular weight excluding hydrogens is 344 g/mol. The van der Waals surface area contributed by atoms with Crippen LogP contribution in [0.1, 0.15) is 21.5 Å². The van der Waals surface area contributed by atoms with E-state index >= 15 is 0 Å². The van der Waals surface area contributed by atoms with Gasteiger partial charge in [0.25, 0.3) is 5.91 Å². The molecule has 7 nitrogen and oxygen atoms in total. The molecule has 0 unspecified atom stereocenters. The molecule has 2 aromatic rings. The van der Waals surface area contributed by atoms with Gasteiger partial charge in [-0.05, 0) is 25.1 Å². The first-order valence-electron chi connectivity index (χ1n) is 8.97. The first kappa shape index (κ1) is 19.0. The summed E-state index contributed by atoms with van der Waals surface area (Å²) in [6, 6.07) is 7.50. The summed E-state index contributed by atoms with van der Waals surface area (Å²) in [5, 5.41) is 0. The quantitative estimate of drug-likeness (QED) is 0.836. The predicted molar refractivity (Wildman–Crippen MR) is 105 cm³/mol. The highest BCUT2D eigenvalue weighted by Gasteiger charge is 2.23. The molecule has 0 aliphatic carbocycles. The van der Waals surface area contributed by atoms with Crippen molar-refractivity contribution in [3.8, 4) is 11.5 Å². The minimum absolute atomic E-state index is 0.445. The second-order valence-electron chi connectivity index (χ2n) is 6.59. The summed E-state index contributed by atoms with van der Waals surface area (Å²) < 4.78 is 11.0. The van der Waals surface area contributed by atoms with E-state index in [9.17, 15) is 4.79 Å². The van der Waals surface area contributed by atoms with Crippen LogP contribution in [0.15, 0.2) is 30.5 Å². The Morgan fingerprint density at radius 1 is 1.15 bits per heavy atom. The van der Waals surface area contributed by atoms with Gasteiger partial charge in [0.2, 0.25) is 0 Å². The Kier molecular flexibility index (Phi) is 5.81. The topological polar surface area (TPSA) is 80.9 Å². The fourth-order valence-corrected chi connectivity index (χ4v) is 3.56. The van der Waals surface area contributed by atoms with E-state index in [4.69, 9.17) is 15.2 Å². The summed E-state index contributed by atoms with van der Waals surface area (Å²) in [5.41, 5.74) is 8.10. The summed E-state index contributed by atoms with van der Waals surface area (Å²) in [7, 11) is 3.36. The van der Waals surface area contributed by atoms with Gasteiger partial charge in [0.1, 0.15) is 17.3 Å². The molecule has 1 amide bonds. The molecule has 3 rings (SSSR count). The van der Waals surface area contributed by atoms with Crippen LogP contribution in [-0.4, -0.2) is 56.2 Å². The van der Waals surface area contributed by atoms with Crippen molar-refractivity contribution in [1.82, 2.24) is 9.88 Å². The van der Waals surface area contributed by atoms with E-state index < -0.39 is 5.91 Å². The number of nitrogens with zero attached hydrogens (tertiary/aromatic N) is 3. The highest BCUT2D eigenvalue weighted by molar-refractivity contribution is 5.97. The number of carbonyl (C=O) groups is 1. The highest BCUT2D eigenvalue weighted by Crippen LogP contribution is 2.32. The van der Waals surface area contributed by atoms with Gasteiger partial charge in [0.05, 0.1) is 19.8 Å². The first-order chi connectivity index (χ1) is 13.0. The number of piperazine rings is 1. The van der Waals surface area contributed by atoms with Crippen molar-refractivity contribution in [3.63, 3.8) is 0 Å². The summed E-state index contributed by atoms with van der Waals surface area (Å²) in [6.07, 6.45) is 1.69. The summed E-state index contributed by atoms with van der Waals surface area (Å²) >= 11 is 0. The minimum atomic E-state index is -0.445. The van der Waals surface area contributed by atoms with Crippen molar-refractivity contribution in [3.05, 3.63) is 47.2 Å². The Morgan fingerprint density at radius 2 is 1.89 bits per heavy atom. The zero-order chi connectivity index (χ0) is 19.4. The number of aromatic nitrogens is 1. The van der Waals surface area contributed by atoms with E-state index in [0.717, 1.165) is 55.3 Å². The predicted octanol–water partition coefficient (Wildman–Crippen LogP) is 1.83. The summed E-state index contributed by atoms with van der Waals surface area (Å²) in [4.78, 5) is 20.5. The van der Waals surface area contributed by atoms with Crippen LogP contribution in [0.2, 0.25) is 0 Å². The summed E-state index contributed by atoms with van der Waals surface area (Å²) in [6.45, 7) is 6.10. The molecule has 0 atom stereocenters. The smallest absolute Gasteiger partial charge is 0.252 e. The van der Waals surface area contributed by atoms with Gasteiger partial charge in [0.15, 0.2) is 0 Å². The largest absolute Gasteiger partial charge is 0.496 e. The van der Waals surface area contributed by atoms with Crippen LogP contribution in [-0.2, 0) is 6.54 Å². The Labute approximate surface area is 159 Å². The van der Waals surface area contributed by atoms with Gasteiger partial charge in [-0.25, -0.2) is 4.98 Å². The molecule has 1 aliphatic rings. The average Bonchev–Trinajstić information content (AvgIpc) is 2.69. The number of benzene rings is 1. The van der Waals surface area contributed by atoms with Gasteiger partial charge in [-0.3, -0.25) is 9.69 Å². The lowest BCUT2D eigenvalue weighted by molar-refractivity contribution is 0.1000. The third kappa shape index (κ3) is 3.98. The highest BCUT2D eigenvalue weighted by atomic mass is 16.5. The van der Waals surface area contributed by atoms with E-state index in [2.05, 4.69) is 20.9 Å². The van der Waals surface area contributed by atoms with Crippen LogP contribution >= 0.6 is 0 Å². The Balaban J connectivity index is 1.69. The third-order valence-electron chi connectivity index (χ3n) is 4.98. The van der Waals surface area contributed by atoms with Gasteiger partial charge in [-0.1, -0.05) is 6.07 Å². The van der Waals surface area contributed by atoms with Crippen LogP contribution < -0.4 is 20.1 Å². The lowest BCUT2D eigenvalue weighted by Gasteiger charge is -2.36. The van der Waals surface area contributed by atoms with Gasteiger partial charge >= 0.3 is 0 Å². The van der Waals surface area contributed by atoms with Gasteiger partial charge in [-0.15, -0.1) is 0 Å². The second-order valence-corrected chi connectivity index (χ2v) is 6.59. The van der Waals surface area contributed by atoms with Crippen molar-refractivity contribution in [2.45, 2.75) is 13.5 Å². The number of amides is 1. The molecule has 1 aromatic heterocycles. The van der Waals surface area contributed by atoms with Crippen LogP contribution in [0.4, 0.5) is 5.82 Å².